The summed E-state index contributed by atoms with van der Waals surface area (Å²) >= 11 is 0. The average molecular weight is 325 g/mol. The molecular formula is C14H16FN3O3S. The fraction of sp³-hybridized carbons (Fsp3) is 0.429. The van der Waals surface area contributed by atoms with Crippen LogP contribution in [0.25, 0.3) is 11.4 Å². The van der Waals surface area contributed by atoms with Gasteiger partial charge in [0.25, 0.3) is 0 Å². The summed E-state index contributed by atoms with van der Waals surface area (Å²) in [5.74, 6) is -0.610. The zero-order valence-electron chi connectivity index (χ0n) is 11.8. The lowest BCUT2D eigenvalue weighted by Crippen LogP contribution is -2.28. The number of rotatable bonds is 4. The highest BCUT2D eigenvalue weighted by Crippen LogP contribution is 2.21. The second-order valence-electron chi connectivity index (χ2n) is 5.21. The monoisotopic (exact) mass is 325 g/mol. The molecule has 1 aromatic carbocycles. The molecule has 1 fully saturated rings. The van der Waals surface area contributed by atoms with E-state index in [1.54, 1.807) is 12.1 Å². The van der Waals surface area contributed by atoms with Crippen molar-refractivity contribution in [3.05, 3.63) is 30.1 Å². The van der Waals surface area contributed by atoms with Gasteiger partial charge < -0.3 is 4.74 Å². The third-order valence-electron chi connectivity index (χ3n) is 3.55. The van der Waals surface area contributed by atoms with Crippen LogP contribution in [0.4, 0.5) is 4.39 Å². The Kier molecular flexibility index (Phi) is 4.21. The van der Waals surface area contributed by atoms with Crippen molar-refractivity contribution in [3.8, 4) is 11.4 Å². The molecule has 0 spiro atoms. The number of nitrogens with zero attached hydrogens (tertiary/aromatic N) is 2. The maximum absolute atomic E-state index is 13.7. The molecule has 1 aromatic heterocycles. The maximum Gasteiger partial charge on any atom is 0.243 e. The number of halogens is 1. The Balaban J connectivity index is 1.82. The molecule has 0 saturated carbocycles. The van der Waals surface area contributed by atoms with E-state index in [2.05, 4.69) is 15.2 Å². The predicted octanol–water partition coefficient (Wildman–Crippen LogP) is 1.95. The van der Waals surface area contributed by atoms with E-state index >= 15 is 0 Å². The molecule has 0 unspecified atom stereocenters. The van der Waals surface area contributed by atoms with Gasteiger partial charge in [-0.05, 0) is 31.4 Å². The van der Waals surface area contributed by atoms with E-state index in [9.17, 15) is 12.8 Å². The van der Waals surface area contributed by atoms with Crippen LogP contribution in [0.2, 0.25) is 0 Å². The zero-order valence-corrected chi connectivity index (χ0v) is 12.6. The highest BCUT2D eigenvalue weighted by atomic mass is 32.2. The summed E-state index contributed by atoms with van der Waals surface area (Å²) in [6, 6.07) is 5.96. The molecule has 0 bridgehead atoms. The Labute approximate surface area is 127 Å². The predicted molar refractivity (Wildman–Crippen MR) is 77.4 cm³/mol. The minimum Gasteiger partial charge on any atom is -0.377 e. The van der Waals surface area contributed by atoms with Crippen molar-refractivity contribution in [2.24, 2.45) is 0 Å². The number of H-pyrrole nitrogens is 1. The molecule has 118 valence electrons. The van der Waals surface area contributed by atoms with E-state index < -0.39 is 15.7 Å². The highest BCUT2D eigenvalue weighted by Gasteiger charge is 2.27. The summed E-state index contributed by atoms with van der Waals surface area (Å²) in [5, 5.41) is 5.95. The van der Waals surface area contributed by atoms with Crippen LogP contribution in [-0.2, 0) is 14.6 Å². The SMILES string of the molecule is O=S(=O)(C[C@@H]1CCCCO1)c1nc(-c2ccccc2F)n[nH]1. The minimum absolute atomic E-state index is 0.0289. The molecule has 0 radical (unpaired) electrons. The second-order valence-corrected chi connectivity index (χ2v) is 7.16. The van der Waals surface area contributed by atoms with Crippen molar-refractivity contribution in [1.82, 2.24) is 15.2 Å². The van der Waals surface area contributed by atoms with E-state index in [-0.39, 0.29) is 28.4 Å². The summed E-state index contributed by atoms with van der Waals surface area (Å²) in [7, 11) is -3.64. The van der Waals surface area contributed by atoms with Crippen molar-refractivity contribution in [2.75, 3.05) is 12.4 Å². The van der Waals surface area contributed by atoms with Gasteiger partial charge in [0.2, 0.25) is 15.0 Å². The molecule has 8 heteroatoms. The van der Waals surface area contributed by atoms with Crippen molar-refractivity contribution in [2.45, 2.75) is 30.5 Å². The molecule has 3 rings (SSSR count). The van der Waals surface area contributed by atoms with Gasteiger partial charge in [-0.1, -0.05) is 12.1 Å². The number of ether oxygens (including phenoxy) is 1. The number of nitrogens with one attached hydrogen (secondary N) is 1. The van der Waals surface area contributed by atoms with Gasteiger partial charge in [-0.3, -0.25) is 0 Å². The molecule has 1 aliphatic rings. The van der Waals surface area contributed by atoms with E-state index in [1.807, 2.05) is 0 Å². The van der Waals surface area contributed by atoms with Crippen LogP contribution in [0.1, 0.15) is 19.3 Å². The molecule has 2 heterocycles. The van der Waals surface area contributed by atoms with Gasteiger partial charge in [0.05, 0.1) is 17.4 Å². The van der Waals surface area contributed by atoms with Gasteiger partial charge in [-0.25, -0.2) is 17.9 Å². The van der Waals surface area contributed by atoms with E-state index in [0.717, 1.165) is 12.8 Å². The first kappa shape index (κ1) is 15.1. The van der Waals surface area contributed by atoms with Crippen molar-refractivity contribution in [3.63, 3.8) is 0 Å². The van der Waals surface area contributed by atoms with Crippen LogP contribution in [0.15, 0.2) is 29.4 Å². The number of hydrogen-bond acceptors (Lipinski definition) is 5. The smallest absolute Gasteiger partial charge is 0.243 e. The minimum atomic E-state index is -3.64. The van der Waals surface area contributed by atoms with Crippen LogP contribution in [0, 0.1) is 5.82 Å². The van der Waals surface area contributed by atoms with Crippen molar-refractivity contribution < 1.29 is 17.5 Å². The summed E-state index contributed by atoms with van der Waals surface area (Å²) in [5.41, 5.74) is 0.161. The molecule has 0 aliphatic carbocycles. The Morgan fingerprint density at radius 3 is 2.86 bits per heavy atom. The van der Waals surface area contributed by atoms with Crippen LogP contribution < -0.4 is 0 Å². The lowest BCUT2D eigenvalue weighted by atomic mass is 10.1. The first-order valence-electron chi connectivity index (χ1n) is 7.08. The van der Waals surface area contributed by atoms with E-state index in [1.165, 1.54) is 12.1 Å². The van der Waals surface area contributed by atoms with Crippen LogP contribution in [-0.4, -0.2) is 42.1 Å². The van der Waals surface area contributed by atoms with Gasteiger partial charge >= 0.3 is 0 Å². The van der Waals surface area contributed by atoms with E-state index in [4.69, 9.17) is 4.74 Å². The van der Waals surface area contributed by atoms with Crippen LogP contribution in [0.3, 0.4) is 0 Å². The molecule has 2 aromatic rings. The summed E-state index contributed by atoms with van der Waals surface area (Å²) in [6.07, 6.45) is 2.31. The highest BCUT2D eigenvalue weighted by molar-refractivity contribution is 7.91. The van der Waals surface area contributed by atoms with Gasteiger partial charge in [-0.15, -0.1) is 0 Å². The average Bonchev–Trinajstić information content (AvgIpc) is 2.99. The molecule has 1 saturated heterocycles. The third kappa shape index (κ3) is 3.17. The van der Waals surface area contributed by atoms with E-state index in [0.29, 0.717) is 13.0 Å². The summed E-state index contributed by atoms with van der Waals surface area (Å²) in [4.78, 5) is 3.93. The topological polar surface area (TPSA) is 84.9 Å². The van der Waals surface area contributed by atoms with Crippen LogP contribution >= 0.6 is 0 Å². The lowest BCUT2D eigenvalue weighted by Gasteiger charge is -2.21. The van der Waals surface area contributed by atoms with Gasteiger partial charge in [0.1, 0.15) is 5.82 Å². The number of aromatic amines is 1. The molecule has 6 nitrogen and oxygen atoms in total. The number of sulfone groups is 1. The molecule has 1 atom stereocenters. The Morgan fingerprint density at radius 2 is 2.14 bits per heavy atom. The summed E-state index contributed by atoms with van der Waals surface area (Å²) in [6.45, 7) is 0.580. The summed E-state index contributed by atoms with van der Waals surface area (Å²) < 4.78 is 43.8. The number of hydrogen-bond donors (Lipinski definition) is 1. The first-order valence-corrected chi connectivity index (χ1v) is 8.73. The fourth-order valence-electron chi connectivity index (χ4n) is 2.41. The zero-order chi connectivity index (χ0) is 15.6. The van der Waals surface area contributed by atoms with Gasteiger partial charge in [0, 0.05) is 6.61 Å². The second kappa shape index (κ2) is 6.13. The Morgan fingerprint density at radius 1 is 1.32 bits per heavy atom. The van der Waals surface area contributed by atoms with Crippen LogP contribution in [0.5, 0.6) is 0 Å². The first-order chi connectivity index (χ1) is 10.6. The molecule has 22 heavy (non-hydrogen) atoms. The normalized spacial score (nSPS) is 19.2. The lowest BCUT2D eigenvalue weighted by molar-refractivity contribution is 0.0304. The molecule has 1 N–H and O–H groups in total. The molecular weight excluding hydrogens is 309 g/mol. The Bertz CT molecular complexity index is 754. The Hall–Kier alpha value is -1.80. The van der Waals surface area contributed by atoms with Crippen molar-refractivity contribution in [1.29, 1.82) is 0 Å². The van der Waals surface area contributed by atoms with Crippen molar-refractivity contribution >= 4 is 9.84 Å². The van der Waals surface area contributed by atoms with Gasteiger partial charge in [0.15, 0.2) is 5.82 Å². The largest absolute Gasteiger partial charge is 0.377 e. The fourth-order valence-corrected chi connectivity index (χ4v) is 3.73. The quantitative estimate of drug-likeness (QED) is 0.929. The van der Waals surface area contributed by atoms with Gasteiger partial charge in [-0.2, -0.15) is 10.1 Å². The maximum atomic E-state index is 13.7. The number of benzene rings is 1. The molecule has 0 amide bonds. The number of aromatic nitrogens is 3. The molecule has 1 aliphatic heterocycles. The standard InChI is InChI=1S/C14H16FN3O3S/c15-12-7-2-1-6-11(12)13-16-14(18-17-13)22(19,20)9-10-5-3-4-8-21-10/h1-2,6-7,10H,3-5,8-9H2,(H,16,17,18)/t10-/m0/s1. The third-order valence-corrected chi connectivity index (χ3v) is 5.14.